The highest BCUT2D eigenvalue weighted by atomic mass is 16.1. The number of nitrogens with zero attached hydrogens (tertiary/aromatic N) is 1. The maximum atomic E-state index is 11.4. The van der Waals surface area contributed by atoms with Crippen molar-refractivity contribution in [1.29, 1.82) is 0 Å². The smallest absolute Gasteiger partial charge is 0.248 e. The lowest BCUT2D eigenvalue weighted by Crippen LogP contribution is -2.12. The molecule has 1 aromatic rings. The molecule has 0 aliphatic heterocycles. The van der Waals surface area contributed by atoms with Crippen LogP contribution in [0, 0.1) is 6.07 Å². The van der Waals surface area contributed by atoms with Gasteiger partial charge in [0.25, 0.3) is 0 Å². The van der Waals surface area contributed by atoms with Crippen LogP contribution in [0.25, 0.3) is 0 Å². The van der Waals surface area contributed by atoms with Crippen molar-refractivity contribution in [3.63, 3.8) is 0 Å². The number of hydrogen-bond acceptors (Lipinski definition) is 2. The highest BCUT2D eigenvalue weighted by Gasteiger charge is 1.95. The largest absolute Gasteiger partial charge is 0.323 e. The maximum Gasteiger partial charge on any atom is 0.248 e. The molecule has 3 nitrogen and oxygen atoms in total. The number of benzene rings is 1. The van der Waals surface area contributed by atoms with Crippen LogP contribution in [0.5, 0.6) is 0 Å². The summed E-state index contributed by atoms with van der Waals surface area (Å²) in [6, 6.07) is 10.1. The van der Waals surface area contributed by atoms with Crippen LogP contribution in [0.3, 0.4) is 0 Å². The van der Waals surface area contributed by atoms with E-state index in [0.717, 1.165) is 12.2 Å². The molecule has 0 heterocycles. The van der Waals surface area contributed by atoms with Gasteiger partial charge in [0.1, 0.15) is 0 Å². The molecule has 0 saturated carbocycles. The third-order valence-electron chi connectivity index (χ3n) is 1.71. The molecule has 0 bridgehead atoms. The Morgan fingerprint density at radius 2 is 2.40 bits per heavy atom. The minimum atomic E-state index is -0.114. The number of carbonyl (C=O) groups excluding carboxylic acids is 1. The monoisotopic (exact) mass is 203 g/mol. The van der Waals surface area contributed by atoms with Crippen LogP contribution in [0.2, 0.25) is 0 Å². The van der Waals surface area contributed by atoms with Crippen molar-refractivity contribution in [2.24, 2.45) is 0 Å². The lowest BCUT2D eigenvalue weighted by molar-refractivity contribution is -0.111. The zero-order chi connectivity index (χ0) is 11.1. The van der Waals surface area contributed by atoms with E-state index in [9.17, 15) is 4.79 Å². The number of likely N-dealkylation sites (N-methyl/N-ethyl adjacent to an activating group) is 1. The molecule has 0 atom stereocenters. The second-order valence-electron chi connectivity index (χ2n) is 3.45. The van der Waals surface area contributed by atoms with Crippen molar-refractivity contribution in [2.75, 3.05) is 26.0 Å². The van der Waals surface area contributed by atoms with Crippen LogP contribution in [-0.2, 0) is 4.79 Å². The normalized spacial score (nSPS) is 10.9. The zero-order valence-corrected chi connectivity index (χ0v) is 9.03. The first kappa shape index (κ1) is 11.5. The molecule has 0 fully saturated rings. The number of hydrogen-bond donors (Lipinski definition) is 1. The van der Waals surface area contributed by atoms with Gasteiger partial charge in [-0.25, -0.2) is 0 Å². The van der Waals surface area contributed by atoms with Gasteiger partial charge in [-0.05, 0) is 32.3 Å². The van der Waals surface area contributed by atoms with E-state index >= 15 is 0 Å². The summed E-state index contributed by atoms with van der Waals surface area (Å²) >= 11 is 0. The van der Waals surface area contributed by atoms with Crippen molar-refractivity contribution in [1.82, 2.24) is 4.90 Å². The third kappa shape index (κ3) is 4.98. The standard InChI is InChI=1S/C12H15N2O/c1-14(2)10-6-9-12(15)13-11-7-4-3-5-8-11/h3-4,6-9H,10H2,1-2H3,(H,13,15). The summed E-state index contributed by atoms with van der Waals surface area (Å²) in [7, 11) is 3.91. The van der Waals surface area contributed by atoms with Gasteiger partial charge >= 0.3 is 0 Å². The molecule has 0 aromatic heterocycles. The summed E-state index contributed by atoms with van der Waals surface area (Å²) in [5.74, 6) is -0.114. The fourth-order valence-electron chi connectivity index (χ4n) is 1.03. The first-order valence-corrected chi connectivity index (χ1v) is 4.77. The van der Waals surface area contributed by atoms with Crippen LogP contribution >= 0.6 is 0 Å². The molecule has 0 spiro atoms. The maximum absolute atomic E-state index is 11.4. The molecule has 15 heavy (non-hydrogen) atoms. The number of rotatable bonds is 4. The van der Waals surface area contributed by atoms with Gasteiger partial charge in [0.2, 0.25) is 5.91 Å². The Balaban J connectivity index is 2.40. The fourth-order valence-corrected chi connectivity index (χ4v) is 1.03. The molecule has 1 aromatic carbocycles. The van der Waals surface area contributed by atoms with Gasteiger partial charge in [-0.1, -0.05) is 18.2 Å². The van der Waals surface area contributed by atoms with Crippen LogP contribution < -0.4 is 5.32 Å². The van der Waals surface area contributed by atoms with Gasteiger partial charge in [0.15, 0.2) is 0 Å². The summed E-state index contributed by atoms with van der Waals surface area (Å²) in [6.45, 7) is 0.758. The molecular formula is C12H15N2O. The van der Waals surface area contributed by atoms with E-state index in [-0.39, 0.29) is 5.91 Å². The van der Waals surface area contributed by atoms with Gasteiger partial charge in [-0.2, -0.15) is 0 Å². The van der Waals surface area contributed by atoms with E-state index in [2.05, 4.69) is 11.4 Å². The molecular weight excluding hydrogens is 188 g/mol. The molecule has 3 heteroatoms. The molecule has 0 unspecified atom stereocenters. The lowest BCUT2D eigenvalue weighted by atomic mass is 10.3. The van der Waals surface area contributed by atoms with Gasteiger partial charge in [-0.3, -0.25) is 4.79 Å². The number of anilines is 1. The molecule has 1 amide bonds. The Morgan fingerprint density at radius 1 is 1.60 bits per heavy atom. The highest BCUT2D eigenvalue weighted by Crippen LogP contribution is 2.03. The summed E-state index contributed by atoms with van der Waals surface area (Å²) in [5.41, 5.74) is 0.761. The van der Waals surface area contributed by atoms with Crippen molar-refractivity contribution in [3.05, 3.63) is 42.5 Å². The van der Waals surface area contributed by atoms with Crippen molar-refractivity contribution in [3.8, 4) is 0 Å². The van der Waals surface area contributed by atoms with Gasteiger partial charge in [-0.15, -0.1) is 0 Å². The first-order valence-electron chi connectivity index (χ1n) is 4.77. The SMILES string of the molecule is CN(C)CC=CC(=O)Nc1c[c]ccc1. The third-order valence-corrected chi connectivity index (χ3v) is 1.71. The van der Waals surface area contributed by atoms with E-state index in [1.807, 2.05) is 37.2 Å². The summed E-state index contributed by atoms with van der Waals surface area (Å²) in [4.78, 5) is 13.3. The summed E-state index contributed by atoms with van der Waals surface area (Å²) < 4.78 is 0. The second-order valence-corrected chi connectivity index (χ2v) is 3.45. The first-order chi connectivity index (χ1) is 7.18. The van der Waals surface area contributed by atoms with Crippen LogP contribution in [-0.4, -0.2) is 31.4 Å². The molecule has 0 aliphatic carbocycles. The van der Waals surface area contributed by atoms with Gasteiger partial charge in [0, 0.05) is 18.3 Å². The second kappa shape index (κ2) is 5.98. The van der Waals surface area contributed by atoms with Crippen molar-refractivity contribution in [2.45, 2.75) is 0 Å². The van der Waals surface area contributed by atoms with Crippen LogP contribution in [0.15, 0.2) is 36.4 Å². The minimum absolute atomic E-state index is 0.114. The van der Waals surface area contributed by atoms with Gasteiger partial charge < -0.3 is 10.2 Å². The van der Waals surface area contributed by atoms with Crippen LogP contribution in [0.4, 0.5) is 5.69 Å². The summed E-state index contributed by atoms with van der Waals surface area (Å²) in [5, 5.41) is 2.74. The number of amides is 1. The Kier molecular flexibility index (Phi) is 4.57. The van der Waals surface area contributed by atoms with Crippen LogP contribution in [0.1, 0.15) is 0 Å². The predicted octanol–water partition coefficient (Wildman–Crippen LogP) is 1.54. The summed E-state index contributed by atoms with van der Waals surface area (Å²) in [6.07, 6.45) is 3.36. The average Bonchev–Trinajstić information content (AvgIpc) is 2.18. The topological polar surface area (TPSA) is 32.3 Å². The van der Waals surface area contributed by atoms with E-state index in [1.165, 1.54) is 6.08 Å². The van der Waals surface area contributed by atoms with E-state index in [1.54, 1.807) is 12.1 Å². The Hall–Kier alpha value is -1.61. The van der Waals surface area contributed by atoms with E-state index in [4.69, 9.17) is 0 Å². The predicted molar refractivity (Wildman–Crippen MR) is 61.6 cm³/mol. The average molecular weight is 203 g/mol. The molecule has 0 saturated heterocycles. The highest BCUT2D eigenvalue weighted by molar-refractivity contribution is 5.99. The van der Waals surface area contributed by atoms with Crippen molar-refractivity contribution >= 4 is 11.6 Å². The quantitative estimate of drug-likeness (QED) is 0.753. The molecule has 79 valence electrons. The Morgan fingerprint density at radius 3 is 3.00 bits per heavy atom. The fraction of sp³-hybridized carbons (Fsp3) is 0.250. The molecule has 1 N–H and O–H groups in total. The Bertz CT molecular complexity index is 331. The minimum Gasteiger partial charge on any atom is -0.323 e. The molecule has 1 rings (SSSR count). The zero-order valence-electron chi connectivity index (χ0n) is 9.03. The van der Waals surface area contributed by atoms with E-state index in [0.29, 0.717) is 0 Å². The Labute approximate surface area is 90.4 Å². The van der Waals surface area contributed by atoms with Crippen molar-refractivity contribution < 1.29 is 4.79 Å². The molecule has 1 radical (unpaired) electrons. The number of carbonyl (C=O) groups is 1. The van der Waals surface area contributed by atoms with E-state index < -0.39 is 0 Å². The lowest BCUT2D eigenvalue weighted by Gasteiger charge is -2.04. The molecule has 0 aliphatic rings. The van der Waals surface area contributed by atoms with Gasteiger partial charge in [0.05, 0.1) is 0 Å². The number of nitrogens with one attached hydrogen (secondary N) is 1.